The van der Waals surface area contributed by atoms with Crippen LogP contribution in [0.25, 0.3) is 5.69 Å². The molecule has 0 saturated carbocycles. The first kappa shape index (κ1) is 14.3. The summed E-state index contributed by atoms with van der Waals surface area (Å²) in [5, 5.41) is 13.4. The molecule has 2 aromatic rings. The van der Waals surface area contributed by atoms with Crippen LogP contribution in [0.4, 0.5) is 0 Å². The Morgan fingerprint density at radius 1 is 1.30 bits per heavy atom. The van der Waals surface area contributed by atoms with Crippen molar-refractivity contribution in [3.05, 3.63) is 47.3 Å². The van der Waals surface area contributed by atoms with E-state index in [-0.39, 0.29) is 6.54 Å². The average molecular weight is 273 g/mol. The first-order valence-corrected chi connectivity index (χ1v) is 6.50. The van der Waals surface area contributed by atoms with Crippen molar-refractivity contribution in [1.29, 1.82) is 0 Å². The van der Waals surface area contributed by atoms with E-state index in [4.69, 9.17) is 5.11 Å². The molecule has 5 heteroatoms. The van der Waals surface area contributed by atoms with Gasteiger partial charge in [-0.05, 0) is 33.0 Å². The van der Waals surface area contributed by atoms with E-state index in [1.54, 1.807) is 11.9 Å². The van der Waals surface area contributed by atoms with E-state index in [0.717, 1.165) is 22.6 Å². The Bertz CT molecular complexity index is 605. The summed E-state index contributed by atoms with van der Waals surface area (Å²) in [6, 6.07) is 9.93. The van der Waals surface area contributed by atoms with Gasteiger partial charge < -0.3 is 5.11 Å². The van der Waals surface area contributed by atoms with E-state index in [1.807, 2.05) is 48.9 Å². The number of aliphatic carboxylic acids is 1. The van der Waals surface area contributed by atoms with Crippen LogP contribution in [0.1, 0.15) is 17.0 Å². The Kier molecular flexibility index (Phi) is 4.20. The van der Waals surface area contributed by atoms with Crippen LogP contribution >= 0.6 is 0 Å². The highest BCUT2D eigenvalue weighted by Gasteiger charge is 2.15. The van der Waals surface area contributed by atoms with Crippen molar-refractivity contribution in [3.8, 4) is 5.69 Å². The molecule has 0 atom stereocenters. The molecule has 1 aromatic heterocycles. The van der Waals surface area contributed by atoms with Crippen LogP contribution < -0.4 is 0 Å². The van der Waals surface area contributed by atoms with Crippen LogP contribution in [0.2, 0.25) is 0 Å². The minimum atomic E-state index is -0.821. The molecule has 0 amide bonds. The molecule has 0 aliphatic rings. The Morgan fingerprint density at radius 3 is 2.55 bits per heavy atom. The molecule has 0 spiro atoms. The smallest absolute Gasteiger partial charge is 0.317 e. The predicted molar refractivity (Wildman–Crippen MR) is 77.0 cm³/mol. The van der Waals surface area contributed by atoms with Gasteiger partial charge >= 0.3 is 5.97 Å². The molecule has 0 aliphatic carbocycles. The molecule has 0 bridgehead atoms. The highest BCUT2D eigenvalue weighted by molar-refractivity contribution is 5.69. The summed E-state index contributed by atoms with van der Waals surface area (Å²) in [4.78, 5) is 12.5. The number of rotatable bonds is 5. The lowest BCUT2D eigenvalue weighted by Crippen LogP contribution is -2.25. The number of carbonyl (C=O) groups is 1. The summed E-state index contributed by atoms with van der Waals surface area (Å²) >= 11 is 0. The monoisotopic (exact) mass is 273 g/mol. The Hall–Kier alpha value is -2.14. The normalized spacial score (nSPS) is 11.0. The molecule has 106 valence electrons. The second-order valence-electron chi connectivity index (χ2n) is 4.96. The Morgan fingerprint density at radius 2 is 1.95 bits per heavy atom. The molecule has 0 unspecified atom stereocenters. The van der Waals surface area contributed by atoms with Gasteiger partial charge in [-0.15, -0.1) is 0 Å². The van der Waals surface area contributed by atoms with E-state index >= 15 is 0 Å². The number of benzene rings is 1. The summed E-state index contributed by atoms with van der Waals surface area (Å²) in [6.45, 7) is 4.57. The number of aromatic nitrogens is 2. The maximum atomic E-state index is 10.7. The predicted octanol–water partition coefficient (Wildman–Crippen LogP) is 2.01. The van der Waals surface area contributed by atoms with Gasteiger partial charge in [0.1, 0.15) is 0 Å². The van der Waals surface area contributed by atoms with E-state index in [2.05, 4.69) is 5.10 Å². The van der Waals surface area contributed by atoms with E-state index in [9.17, 15) is 4.79 Å². The molecule has 1 aromatic carbocycles. The molecule has 0 aliphatic heterocycles. The van der Waals surface area contributed by atoms with Crippen molar-refractivity contribution in [2.75, 3.05) is 13.6 Å². The standard InChI is InChI=1S/C15H19N3O2/c1-11-14(9-17(3)10-15(19)20)12(2)18(16-11)13-7-5-4-6-8-13/h4-8H,9-10H2,1-3H3,(H,19,20). The van der Waals surface area contributed by atoms with E-state index < -0.39 is 5.97 Å². The van der Waals surface area contributed by atoms with Crippen molar-refractivity contribution in [2.45, 2.75) is 20.4 Å². The van der Waals surface area contributed by atoms with Crippen LogP contribution in [0, 0.1) is 13.8 Å². The van der Waals surface area contributed by atoms with Crippen LogP contribution in [-0.2, 0) is 11.3 Å². The molecule has 0 radical (unpaired) electrons. The minimum Gasteiger partial charge on any atom is -0.480 e. The third-order valence-electron chi connectivity index (χ3n) is 3.28. The lowest BCUT2D eigenvalue weighted by Gasteiger charge is -2.14. The van der Waals surface area contributed by atoms with Gasteiger partial charge in [-0.25, -0.2) is 4.68 Å². The van der Waals surface area contributed by atoms with Crippen LogP contribution in [0.5, 0.6) is 0 Å². The van der Waals surface area contributed by atoms with Gasteiger partial charge in [0.15, 0.2) is 0 Å². The van der Waals surface area contributed by atoms with Crippen molar-refractivity contribution in [1.82, 2.24) is 14.7 Å². The Labute approximate surface area is 118 Å². The maximum Gasteiger partial charge on any atom is 0.317 e. The van der Waals surface area contributed by atoms with Gasteiger partial charge in [0.2, 0.25) is 0 Å². The molecular weight excluding hydrogens is 254 g/mol. The zero-order valence-corrected chi connectivity index (χ0v) is 12.0. The average Bonchev–Trinajstić information content (AvgIpc) is 2.67. The van der Waals surface area contributed by atoms with Gasteiger partial charge in [0, 0.05) is 17.8 Å². The SMILES string of the molecule is Cc1nn(-c2ccccc2)c(C)c1CN(C)CC(=O)O. The first-order valence-electron chi connectivity index (χ1n) is 6.50. The largest absolute Gasteiger partial charge is 0.480 e. The second-order valence-corrected chi connectivity index (χ2v) is 4.96. The third-order valence-corrected chi connectivity index (χ3v) is 3.28. The summed E-state index contributed by atoms with van der Waals surface area (Å²) in [7, 11) is 1.80. The number of nitrogens with zero attached hydrogens (tertiary/aromatic N) is 3. The maximum absolute atomic E-state index is 10.7. The van der Waals surface area contributed by atoms with Crippen LogP contribution in [0.3, 0.4) is 0 Å². The summed E-state index contributed by atoms with van der Waals surface area (Å²) in [5.74, 6) is -0.821. The molecule has 1 N–H and O–H groups in total. The highest BCUT2D eigenvalue weighted by Crippen LogP contribution is 2.18. The number of hydrogen-bond acceptors (Lipinski definition) is 3. The zero-order chi connectivity index (χ0) is 14.7. The molecule has 20 heavy (non-hydrogen) atoms. The molecule has 2 rings (SSSR count). The number of para-hydroxylation sites is 1. The minimum absolute atomic E-state index is 0.0232. The van der Waals surface area contributed by atoms with E-state index in [1.165, 1.54) is 0 Å². The van der Waals surface area contributed by atoms with Gasteiger partial charge in [0.05, 0.1) is 17.9 Å². The van der Waals surface area contributed by atoms with Crippen molar-refractivity contribution in [3.63, 3.8) is 0 Å². The lowest BCUT2D eigenvalue weighted by molar-refractivity contribution is -0.138. The highest BCUT2D eigenvalue weighted by atomic mass is 16.4. The molecular formula is C15H19N3O2. The first-order chi connectivity index (χ1) is 9.49. The fourth-order valence-corrected chi connectivity index (χ4v) is 2.28. The molecule has 5 nitrogen and oxygen atoms in total. The van der Waals surface area contributed by atoms with Gasteiger partial charge in [-0.2, -0.15) is 5.10 Å². The van der Waals surface area contributed by atoms with Gasteiger partial charge in [0.25, 0.3) is 0 Å². The zero-order valence-electron chi connectivity index (χ0n) is 12.0. The summed E-state index contributed by atoms with van der Waals surface area (Å²) in [5.41, 5.74) is 4.08. The number of carboxylic acids is 1. The fraction of sp³-hybridized carbons (Fsp3) is 0.333. The topological polar surface area (TPSA) is 58.4 Å². The second kappa shape index (κ2) is 5.88. The number of aryl methyl sites for hydroxylation is 1. The summed E-state index contributed by atoms with van der Waals surface area (Å²) < 4.78 is 1.90. The molecule has 0 saturated heterocycles. The molecule has 0 fully saturated rings. The van der Waals surface area contributed by atoms with Crippen molar-refractivity contribution >= 4 is 5.97 Å². The van der Waals surface area contributed by atoms with Gasteiger partial charge in [-0.1, -0.05) is 18.2 Å². The third kappa shape index (κ3) is 3.05. The van der Waals surface area contributed by atoms with Gasteiger partial charge in [-0.3, -0.25) is 9.69 Å². The number of carboxylic acid groups (broad SMARTS) is 1. The number of likely N-dealkylation sites (N-methyl/N-ethyl adjacent to an activating group) is 1. The number of hydrogen-bond donors (Lipinski definition) is 1. The lowest BCUT2D eigenvalue weighted by atomic mass is 10.2. The summed E-state index contributed by atoms with van der Waals surface area (Å²) in [6.07, 6.45) is 0. The fourth-order valence-electron chi connectivity index (χ4n) is 2.28. The van der Waals surface area contributed by atoms with Crippen molar-refractivity contribution < 1.29 is 9.90 Å². The quantitative estimate of drug-likeness (QED) is 0.905. The van der Waals surface area contributed by atoms with E-state index in [0.29, 0.717) is 6.54 Å². The molecule has 1 heterocycles. The Balaban J connectivity index is 2.28. The van der Waals surface area contributed by atoms with Crippen molar-refractivity contribution in [2.24, 2.45) is 0 Å². The van der Waals surface area contributed by atoms with Crippen LogP contribution in [0.15, 0.2) is 30.3 Å². The van der Waals surface area contributed by atoms with Crippen LogP contribution in [-0.4, -0.2) is 39.3 Å².